The van der Waals surface area contributed by atoms with Gasteiger partial charge in [-0.1, -0.05) is 32.0 Å². The van der Waals surface area contributed by atoms with Crippen LogP contribution in [-0.4, -0.2) is 27.7 Å². The normalized spacial score (nSPS) is 12.3. The Morgan fingerprint density at radius 2 is 1.67 bits per heavy atom. The number of methoxy groups -OCH3 is 1. The summed E-state index contributed by atoms with van der Waals surface area (Å²) in [5, 5.41) is 3.02. The summed E-state index contributed by atoms with van der Waals surface area (Å²) >= 11 is 0. The summed E-state index contributed by atoms with van der Waals surface area (Å²) in [5.74, 6) is 0.323. The molecule has 0 aliphatic rings. The topological polar surface area (TPSA) is 75.7 Å². The number of ether oxygens (including phenoxy) is 1. The van der Waals surface area contributed by atoms with E-state index in [-0.39, 0.29) is 30.0 Å². The third-order valence-corrected chi connectivity index (χ3v) is 7.28. The molecule has 0 unspecified atom stereocenters. The van der Waals surface area contributed by atoms with Gasteiger partial charge in [-0.3, -0.25) is 9.10 Å². The van der Waals surface area contributed by atoms with Crippen molar-refractivity contribution in [3.05, 3.63) is 94.3 Å². The zero-order valence-corrected chi connectivity index (χ0v) is 22.3. The molecule has 3 aromatic carbocycles. The molecular formula is C28H33FN2O4S. The van der Waals surface area contributed by atoms with Gasteiger partial charge in [-0.25, -0.2) is 12.8 Å². The van der Waals surface area contributed by atoms with Crippen LogP contribution in [0.15, 0.2) is 60.7 Å². The number of halogens is 1. The molecule has 0 aliphatic heterocycles. The van der Waals surface area contributed by atoms with E-state index in [4.69, 9.17) is 4.74 Å². The molecule has 192 valence electrons. The van der Waals surface area contributed by atoms with Crippen molar-refractivity contribution in [3.63, 3.8) is 0 Å². The number of sulfonamides is 1. The Bertz CT molecular complexity index is 1340. The maximum atomic E-state index is 14.1. The van der Waals surface area contributed by atoms with Crippen LogP contribution < -0.4 is 14.4 Å². The summed E-state index contributed by atoms with van der Waals surface area (Å²) in [6.45, 7) is 7.93. The Morgan fingerprint density at radius 3 is 2.22 bits per heavy atom. The number of rotatable bonds is 9. The Balaban J connectivity index is 1.81. The van der Waals surface area contributed by atoms with Gasteiger partial charge in [-0.05, 0) is 78.9 Å². The molecule has 6 nitrogen and oxygen atoms in total. The molecule has 1 atom stereocenters. The average Bonchev–Trinajstić information content (AvgIpc) is 2.82. The molecule has 3 rings (SSSR count). The first kappa shape index (κ1) is 27.2. The molecule has 0 aromatic heterocycles. The van der Waals surface area contributed by atoms with Crippen molar-refractivity contribution < 1.29 is 22.3 Å². The third kappa shape index (κ3) is 6.23. The van der Waals surface area contributed by atoms with E-state index >= 15 is 0 Å². The van der Waals surface area contributed by atoms with Crippen LogP contribution in [-0.2, 0) is 16.6 Å². The lowest BCUT2D eigenvalue weighted by Gasteiger charge is -2.23. The smallest absolute Gasteiger partial charge is 0.251 e. The second-order valence-corrected chi connectivity index (χ2v) is 11.1. The van der Waals surface area contributed by atoms with Gasteiger partial charge in [0.15, 0.2) is 0 Å². The molecule has 0 radical (unpaired) electrons. The van der Waals surface area contributed by atoms with Gasteiger partial charge in [0.05, 0.1) is 31.6 Å². The largest absolute Gasteiger partial charge is 0.496 e. The summed E-state index contributed by atoms with van der Waals surface area (Å²) in [5.41, 5.74) is 4.07. The highest BCUT2D eigenvalue weighted by atomic mass is 32.2. The lowest BCUT2D eigenvalue weighted by Crippen LogP contribution is -2.30. The summed E-state index contributed by atoms with van der Waals surface area (Å²) in [4.78, 5) is 13.0. The number of nitrogens with one attached hydrogen (secondary N) is 1. The lowest BCUT2D eigenvalue weighted by molar-refractivity contribution is 0.0940. The van der Waals surface area contributed by atoms with Crippen molar-refractivity contribution in [3.8, 4) is 5.75 Å². The SMILES string of the molecule is COc1cc(C)c([C@@H](C)NC(=O)c2ccc(N(Cc3ccccc3F)S(C)(=O)=O)cc2)cc1C(C)C. The number of carbonyl (C=O) groups is 1. The summed E-state index contributed by atoms with van der Waals surface area (Å²) in [6, 6.07) is 16.1. The standard InChI is InChI=1S/C28H33FN2O4S/c1-18(2)24-16-25(19(3)15-27(24)35-5)20(4)30-28(32)21-11-13-23(14-12-21)31(36(6,33)34)17-22-9-7-8-10-26(22)29/h7-16,18,20H,17H2,1-6H3,(H,30,32)/t20-/m1/s1. The monoisotopic (exact) mass is 512 g/mol. The van der Waals surface area contributed by atoms with Crippen LogP contribution in [0.25, 0.3) is 0 Å². The first-order valence-electron chi connectivity index (χ1n) is 11.7. The third-order valence-electron chi connectivity index (χ3n) is 6.14. The lowest BCUT2D eigenvalue weighted by atomic mass is 9.93. The molecule has 0 aliphatic carbocycles. The Labute approximate surface area is 213 Å². The number of hydrogen-bond acceptors (Lipinski definition) is 4. The van der Waals surface area contributed by atoms with E-state index in [1.54, 1.807) is 49.6 Å². The second kappa shape index (κ2) is 11.1. The highest BCUT2D eigenvalue weighted by molar-refractivity contribution is 7.92. The minimum atomic E-state index is -3.69. The van der Waals surface area contributed by atoms with E-state index in [0.717, 1.165) is 33.0 Å². The molecule has 0 heterocycles. The maximum absolute atomic E-state index is 14.1. The Morgan fingerprint density at radius 1 is 1.03 bits per heavy atom. The van der Waals surface area contributed by atoms with Crippen molar-refractivity contribution in [1.82, 2.24) is 5.32 Å². The van der Waals surface area contributed by atoms with E-state index in [0.29, 0.717) is 11.3 Å². The van der Waals surface area contributed by atoms with E-state index in [1.807, 2.05) is 19.9 Å². The number of carbonyl (C=O) groups excluding carboxylic acids is 1. The number of hydrogen-bond donors (Lipinski definition) is 1. The minimum absolute atomic E-state index is 0.150. The molecule has 0 spiro atoms. The van der Waals surface area contributed by atoms with E-state index < -0.39 is 15.8 Å². The van der Waals surface area contributed by atoms with Crippen molar-refractivity contribution in [2.24, 2.45) is 0 Å². The first-order valence-corrected chi connectivity index (χ1v) is 13.6. The number of nitrogens with zero attached hydrogens (tertiary/aromatic N) is 1. The number of aryl methyl sites for hydroxylation is 1. The summed E-state index contributed by atoms with van der Waals surface area (Å²) < 4.78 is 45.6. The fourth-order valence-electron chi connectivity index (χ4n) is 4.13. The van der Waals surface area contributed by atoms with Crippen LogP contribution in [0.4, 0.5) is 10.1 Å². The predicted octanol–water partition coefficient (Wildman–Crippen LogP) is 5.72. The van der Waals surface area contributed by atoms with Gasteiger partial charge in [-0.15, -0.1) is 0 Å². The van der Waals surface area contributed by atoms with Gasteiger partial charge in [0.25, 0.3) is 5.91 Å². The number of benzene rings is 3. The molecule has 0 saturated carbocycles. The van der Waals surface area contributed by atoms with E-state index in [2.05, 4.69) is 25.2 Å². The van der Waals surface area contributed by atoms with E-state index in [9.17, 15) is 17.6 Å². The van der Waals surface area contributed by atoms with Crippen molar-refractivity contribution >= 4 is 21.6 Å². The average molecular weight is 513 g/mol. The quantitative estimate of drug-likeness (QED) is 0.398. The molecule has 0 bridgehead atoms. The zero-order valence-electron chi connectivity index (χ0n) is 21.5. The van der Waals surface area contributed by atoms with Gasteiger partial charge in [0.1, 0.15) is 11.6 Å². The Hall–Kier alpha value is -3.39. The van der Waals surface area contributed by atoms with Crippen molar-refractivity contribution in [1.29, 1.82) is 0 Å². The molecule has 36 heavy (non-hydrogen) atoms. The van der Waals surface area contributed by atoms with Crippen molar-refractivity contribution in [2.75, 3.05) is 17.7 Å². The molecule has 8 heteroatoms. The summed E-state index contributed by atoms with van der Waals surface area (Å²) in [6.07, 6.45) is 1.07. The minimum Gasteiger partial charge on any atom is -0.496 e. The predicted molar refractivity (Wildman–Crippen MR) is 142 cm³/mol. The maximum Gasteiger partial charge on any atom is 0.251 e. The van der Waals surface area contributed by atoms with Crippen LogP contribution >= 0.6 is 0 Å². The molecule has 1 amide bonds. The molecule has 0 saturated heterocycles. The highest BCUT2D eigenvalue weighted by Gasteiger charge is 2.21. The van der Waals surface area contributed by atoms with Gasteiger partial charge >= 0.3 is 0 Å². The van der Waals surface area contributed by atoms with Gasteiger partial charge in [0.2, 0.25) is 10.0 Å². The van der Waals surface area contributed by atoms with Crippen LogP contribution in [0, 0.1) is 12.7 Å². The molecule has 1 N–H and O–H groups in total. The molecule has 0 fully saturated rings. The molecule has 3 aromatic rings. The van der Waals surface area contributed by atoms with Crippen LogP contribution in [0.3, 0.4) is 0 Å². The van der Waals surface area contributed by atoms with Crippen LogP contribution in [0.5, 0.6) is 5.75 Å². The van der Waals surface area contributed by atoms with Gasteiger partial charge in [-0.2, -0.15) is 0 Å². The zero-order chi connectivity index (χ0) is 26.6. The first-order chi connectivity index (χ1) is 16.9. The van der Waals surface area contributed by atoms with Gasteiger partial charge in [0, 0.05) is 11.1 Å². The fraction of sp³-hybridized carbons (Fsp3) is 0.321. The number of amides is 1. The molecular weight excluding hydrogens is 479 g/mol. The van der Waals surface area contributed by atoms with Crippen LogP contribution in [0.1, 0.15) is 65.3 Å². The van der Waals surface area contributed by atoms with Crippen LogP contribution in [0.2, 0.25) is 0 Å². The summed E-state index contributed by atoms with van der Waals surface area (Å²) in [7, 11) is -2.04. The fourth-order valence-corrected chi connectivity index (χ4v) is 5.01. The van der Waals surface area contributed by atoms with Gasteiger partial charge < -0.3 is 10.1 Å². The van der Waals surface area contributed by atoms with Crippen molar-refractivity contribution in [2.45, 2.75) is 46.2 Å². The Kier molecular flexibility index (Phi) is 8.40. The van der Waals surface area contributed by atoms with E-state index in [1.165, 1.54) is 6.07 Å². The second-order valence-electron chi connectivity index (χ2n) is 9.21. The number of anilines is 1. The highest BCUT2D eigenvalue weighted by Crippen LogP contribution is 2.32.